The summed E-state index contributed by atoms with van der Waals surface area (Å²) in [6.45, 7) is 0.530. The predicted molar refractivity (Wildman–Crippen MR) is 87.3 cm³/mol. The van der Waals surface area contributed by atoms with Crippen molar-refractivity contribution in [2.24, 2.45) is 11.8 Å². The largest absolute Gasteiger partial charge is 0.481 e. The Hall–Kier alpha value is -2.70. The van der Waals surface area contributed by atoms with Crippen LogP contribution in [0.4, 0.5) is 5.69 Å². The zero-order chi connectivity index (χ0) is 16.9. The lowest BCUT2D eigenvalue weighted by molar-refractivity contribution is -0.143. The SMILES string of the molecule is O=C(O)C1CCC(C(=O)Nc2ccccc2Cn2cncn2)CC1. The molecule has 1 saturated carbocycles. The van der Waals surface area contributed by atoms with Gasteiger partial charge < -0.3 is 10.4 Å². The first kappa shape index (κ1) is 16.2. The maximum absolute atomic E-state index is 12.5. The van der Waals surface area contributed by atoms with Gasteiger partial charge in [0.25, 0.3) is 0 Å². The number of hydrogen-bond acceptors (Lipinski definition) is 4. The zero-order valence-electron chi connectivity index (χ0n) is 13.3. The molecule has 126 valence electrons. The van der Waals surface area contributed by atoms with Crippen LogP contribution < -0.4 is 5.32 Å². The fourth-order valence-electron chi connectivity index (χ4n) is 3.11. The molecule has 1 heterocycles. The first-order valence-corrected chi connectivity index (χ1v) is 8.07. The number of anilines is 1. The average Bonchev–Trinajstić information content (AvgIpc) is 3.10. The van der Waals surface area contributed by atoms with E-state index in [1.807, 2.05) is 24.3 Å². The quantitative estimate of drug-likeness (QED) is 0.876. The second-order valence-electron chi connectivity index (χ2n) is 6.13. The molecule has 1 amide bonds. The Labute approximate surface area is 139 Å². The number of carbonyl (C=O) groups excluding carboxylic acids is 1. The first-order valence-electron chi connectivity index (χ1n) is 8.07. The smallest absolute Gasteiger partial charge is 0.306 e. The third kappa shape index (κ3) is 3.79. The van der Waals surface area contributed by atoms with Gasteiger partial charge in [0.15, 0.2) is 0 Å². The lowest BCUT2D eigenvalue weighted by atomic mass is 9.81. The molecule has 2 N–H and O–H groups in total. The molecule has 0 radical (unpaired) electrons. The summed E-state index contributed by atoms with van der Waals surface area (Å²) >= 11 is 0. The fraction of sp³-hybridized carbons (Fsp3) is 0.412. The van der Waals surface area contributed by atoms with E-state index in [0.717, 1.165) is 11.3 Å². The molecule has 0 atom stereocenters. The maximum Gasteiger partial charge on any atom is 0.306 e. The Morgan fingerprint density at radius 3 is 2.54 bits per heavy atom. The van der Waals surface area contributed by atoms with E-state index in [2.05, 4.69) is 15.4 Å². The van der Waals surface area contributed by atoms with Crippen LogP contribution in [0.3, 0.4) is 0 Å². The maximum atomic E-state index is 12.5. The van der Waals surface area contributed by atoms with Gasteiger partial charge in [-0.2, -0.15) is 5.10 Å². The van der Waals surface area contributed by atoms with Gasteiger partial charge in [0.1, 0.15) is 12.7 Å². The molecule has 1 fully saturated rings. The monoisotopic (exact) mass is 328 g/mol. The van der Waals surface area contributed by atoms with Crippen molar-refractivity contribution in [2.75, 3.05) is 5.32 Å². The Bertz CT molecular complexity index is 706. The van der Waals surface area contributed by atoms with Crippen molar-refractivity contribution in [1.82, 2.24) is 14.8 Å². The van der Waals surface area contributed by atoms with Crippen LogP contribution in [0, 0.1) is 11.8 Å². The van der Waals surface area contributed by atoms with Crippen LogP contribution in [0.15, 0.2) is 36.9 Å². The van der Waals surface area contributed by atoms with Crippen LogP contribution in [0.25, 0.3) is 0 Å². The summed E-state index contributed by atoms with van der Waals surface area (Å²) in [5, 5.41) is 16.1. The van der Waals surface area contributed by atoms with Crippen molar-refractivity contribution < 1.29 is 14.7 Å². The number of aliphatic carboxylic acids is 1. The molecule has 0 saturated heterocycles. The highest BCUT2D eigenvalue weighted by molar-refractivity contribution is 5.93. The van der Waals surface area contributed by atoms with Gasteiger partial charge in [0.05, 0.1) is 12.5 Å². The number of nitrogens with zero attached hydrogens (tertiary/aromatic N) is 3. The average molecular weight is 328 g/mol. The molecule has 1 aliphatic rings. The minimum absolute atomic E-state index is 0.0371. The molecular formula is C17H20N4O3. The van der Waals surface area contributed by atoms with Crippen LogP contribution in [0.2, 0.25) is 0 Å². The number of carboxylic acids is 1. The number of para-hydroxylation sites is 1. The van der Waals surface area contributed by atoms with Gasteiger partial charge in [-0.3, -0.25) is 9.59 Å². The molecule has 2 aromatic rings. The van der Waals surface area contributed by atoms with E-state index in [9.17, 15) is 9.59 Å². The number of rotatable bonds is 5. The summed E-state index contributed by atoms with van der Waals surface area (Å²) in [4.78, 5) is 27.4. The highest BCUT2D eigenvalue weighted by atomic mass is 16.4. The minimum Gasteiger partial charge on any atom is -0.481 e. The molecule has 0 aliphatic heterocycles. The molecule has 3 rings (SSSR count). The number of aromatic nitrogens is 3. The Balaban J connectivity index is 1.64. The van der Waals surface area contributed by atoms with Crippen molar-refractivity contribution in [3.05, 3.63) is 42.5 Å². The second-order valence-corrected chi connectivity index (χ2v) is 6.13. The van der Waals surface area contributed by atoms with Gasteiger partial charge >= 0.3 is 5.97 Å². The first-order chi connectivity index (χ1) is 11.6. The molecule has 1 aromatic carbocycles. The van der Waals surface area contributed by atoms with Gasteiger partial charge in [0.2, 0.25) is 5.91 Å². The van der Waals surface area contributed by atoms with Crippen LogP contribution >= 0.6 is 0 Å². The van der Waals surface area contributed by atoms with E-state index in [1.54, 1.807) is 11.0 Å². The Morgan fingerprint density at radius 1 is 1.17 bits per heavy atom. The summed E-state index contributed by atoms with van der Waals surface area (Å²) in [5.41, 5.74) is 1.72. The van der Waals surface area contributed by atoms with Crippen LogP contribution in [-0.2, 0) is 16.1 Å². The van der Waals surface area contributed by atoms with Crippen LogP contribution in [-0.4, -0.2) is 31.7 Å². The third-order valence-electron chi connectivity index (χ3n) is 4.52. The topological polar surface area (TPSA) is 97.1 Å². The zero-order valence-corrected chi connectivity index (χ0v) is 13.3. The van der Waals surface area contributed by atoms with Gasteiger partial charge in [-0.15, -0.1) is 0 Å². The van der Waals surface area contributed by atoms with E-state index >= 15 is 0 Å². The van der Waals surface area contributed by atoms with Gasteiger partial charge in [0, 0.05) is 11.6 Å². The van der Waals surface area contributed by atoms with Crippen LogP contribution in [0.1, 0.15) is 31.2 Å². The van der Waals surface area contributed by atoms with Gasteiger partial charge in [-0.25, -0.2) is 9.67 Å². The summed E-state index contributed by atoms with van der Waals surface area (Å²) in [5.74, 6) is -1.23. The fourth-order valence-corrected chi connectivity index (χ4v) is 3.11. The third-order valence-corrected chi connectivity index (χ3v) is 4.52. The molecule has 1 aromatic heterocycles. The van der Waals surface area contributed by atoms with Crippen molar-refractivity contribution in [2.45, 2.75) is 32.2 Å². The van der Waals surface area contributed by atoms with E-state index < -0.39 is 5.97 Å². The number of carboxylic acid groups (broad SMARTS) is 1. The normalized spacial score (nSPS) is 20.5. The molecule has 0 unspecified atom stereocenters. The van der Waals surface area contributed by atoms with Gasteiger partial charge in [-0.05, 0) is 37.3 Å². The molecule has 0 bridgehead atoms. The molecule has 7 nitrogen and oxygen atoms in total. The van der Waals surface area contributed by atoms with Crippen molar-refractivity contribution in [1.29, 1.82) is 0 Å². The van der Waals surface area contributed by atoms with Crippen molar-refractivity contribution in [3.8, 4) is 0 Å². The van der Waals surface area contributed by atoms with Crippen LogP contribution in [0.5, 0.6) is 0 Å². The van der Waals surface area contributed by atoms with Crippen molar-refractivity contribution in [3.63, 3.8) is 0 Å². The van der Waals surface area contributed by atoms with E-state index in [1.165, 1.54) is 6.33 Å². The lowest BCUT2D eigenvalue weighted by Crippen LogP contribution is -2.29. The number of carbonyl (C=O) groups is 2. The van der Waals surface area contributed by atoms with Crippen molar-refractivity contribution >= 4 is 17.6 Å². The predicted octanol–water partition coefficient (Wildman–Crippen LogP) is 2.16. The Kier molecular flexibility index (Phi) is 4.88. The molecule has 7 heteroatoms. The minimum atomic E-state index is -0.757. The summed E-state index contributed by atoms with van der Waals surface area (Å²) < 4.78 is 1.70. The highest BCUT2D eigenvalue weighted by Gasteiger charge is 2.29. The van der Waals surface area contributed by atoms with E-state index in [4.69, 9.17) is 5.11 Å². The van der Waals surface area contributed by atoms with Gasteiger partial charge in [-0.1, -0.05) is 18.2 Å². The summed E-state index contributed by atoms with van der Waals surface area (Å²) in [7, 11) is 0. The number of amides is 1. The summed E-state index contributed by atoms with van der Waals surface area (Å²) in [6, 6.07) is 7.60. The Morgan fingerprint density at radius 2 is 1.88 bits per heavy atom. The molecule has 0 spiro atoms. The van der Waals surface area contributed by atoms with E-state index in [0.29, 0.717) is 32.2 Å². The standard InChI is InChI=1S/C17H20N4O3/c22-16(12-5-7-13(8-6-12)17(23)24)20-15-4-2-1-3-14(15)9-21-11-18-10-19-21/h1-4,10-13H,5-9H2,(H,20,22)(H,23,24). The molecule has 1 aliphatic carbocycles. The summed E-state index contributed by atoms with van der Waals surface area (Å²) in [6.07, 6.45) is 5.47. The number of hydrogen-bond donors (Lipinski definition) is 2. The highest BCUT2D eigenvalue weighted by Crippen LogP contribution is 2.30. The lowest BCUT2D eigenvalue weighted by Gasteiger charge is -2.25. The number of benzene rings is 1. The second kappa shape index (κ2) is 7.25. The molecular weight excluding hydrogens is 308 g/mol. The molecule has 24 heavy (non-hydrogen) atoms. The number of nitrogens with one attached hydrogen (secondary N) is 1. The van der Waals surface area contributed by atoms with E-state index in [-0.39, 0.29) is 17.7 Å².